The molecule has 4 rings (SSSR count). The molecule has 0 saturated carbocycles. The predicted octanol–water partition coefficient (Wildman–Crippen LogP) is 2.86. The normalized spacial score (nSPS) is 17.1. The van der Waals surface area contributed by atoms with E-state index in [-0.39, 0.29) is 17.9 Å². The molecule has 3 heterocycles. The van der Waals surface area contributed by atoms with E-state index in [0.717, 1.165) is 28.1 Å². The first-order valence-corrected chi connectivity index (χ1v) is 9.91. The second kappa shape index (κ2) is 7.85. The molecule has 8 nitrogen and oxygen atoms in total. The van der Waals surface area contributed by atoms with E-state index >= 15 is 0 Å². The fraction of sp³-hybridized carbons (Fsp3) is 0.409. The van der Waals surface area contributed by atoms with Crippen molar-refractivity contribution in [1.29, 1.82) is 0 Å². The number of aryl methyl sites for hydroxylation is 2. The standard InChI is InChI=1S/C22H26N4O4/c1-12(15-10-20(27)23-11-15)30-19-9-14(8-17-21(19)26(3)13(2)24-17)16-6-7-18(28-4)22(25-16)29-5/h6-9,12,15H,10-11H2,1-5H3,(H,23,27)/t12?,15-/m1/s1. The molecule has 1 aliphatic heterocycles. The van der Waals surface area contributed by atoms with Gasteiger partial charge in [0.15, 0.2) is 5.75 Å². The molecule has 1 fully saturated rings. The van der Waals surface area contributed by atoms with Gasteiger partial charge in [-0.3, -0.25) is 4.79 Å². The van der Waals surface area contributed by atoms with E-state index < -0.39 is 0 Å². The zero-order chi connectivity index (χ0) is 21.4. The first-order chi connectivity index (χ1) is 14.4. The fourth-order valence-electron chi connectivity index (χ4n) is 3.81. The Morgan fingerprint density at radius 2 is 1.97 bits per heavy atom. The summed E-state index contributed by atoms with van der Waals surface area (Å²) in [4.78, 5) is 20.9. The van der Waals surface area contributed by atoms with Crippen LogP contribution in [0.25, 0.3) is 22.3 Å². The van der Waals surface area contributed by atoms with Crippen LogP contribution in [0, 0.1) is 12.8 Å². The molecule has 2 aromatic heterocycles. The zero-order valence-electron chi connectivity index (χ0n) is 17.9. The van der Waals surface area contributed by atoms with Gasteiger partial charge >= 0.3 is 0 Å². The lowest BCUT2D eigenvalue weighted by molar-refractivity contribution is -0.119. The van der Waals surface area contributed by atoms with Crippen molar-refractivity contribution in [2.75, 3.05) is 20.8 Å². The van der Waals surface area contributed by atoms with Crippen LogP contribution >= 0.6 is 0 Å². The summed E-state index contributed by atoms with van der Waals surface area (Å²) in [6.07, 6.45) is 0.349. The summed E-state index contributed by atoms with van der Waals surface area (Å²) in [5.41, 5.74) is 3.34. The number of carbonyl (C=O) groups is 1. The Balaban J connectivity index is 1.78. The van der Waals surface area contributed by atoms with Gasteiger partial charge in [0.25, 0.3) is 5.88 Å². The van der Waals surface area contributed by atoms with Crippen molar-refractivity contribution >= 4 is 16.9 Å². The lowest BCUT2D eigenvalue weighted by atomic mass is 10.0. The maximum atomic E-state index is 11.6. The third-order valence-electron chi connectivity index (χ3n) is 5.68. The Kier molecular flexibility index (Phi) is 5.24. The molecular weight excluding hydrogens is 384 g/mol. The number of amides is 1. The van der Waals surface area contributed by atoms with Gasteiger partial charge in [-0.25, -0.2) is 9.97 Å². The van der Waals surface area contributed by atoms with E-state index in [1.54, 1.807) is 14.2 Å². The number of pyridine rings is 1. The van der Waals surface area contributed by atoms with Crippen molar-refractivity contribution in [2.45, 2.75) is 26.4 Å². The molecule has 0 radical (unpaired) electrons. The first kappa shape index (κ1) is 20.0. The topological polar surface area (TPSA) is 87.5 Å². The lowest BCUT2D eigenvalue weighted by Gasteiger charge is -2.21. The quantitative estimate of drug-likeness (QED) is 0.672. The van der Waals surface area contributed by atoms with E-state index in [2.05, 4.69) is 15.3 Å². The van der Waals surface area contributed by atoms with Gasteiger partial charge in [0, 0.05) is 31.5 Å². The number of methoxy groups -OCH3 is 2. The molecule has 1 saturated heterocycles. The van der Waals surface area contributed by atoms with Gasteiger partial charge in [-0.15, -0.1) is 0 Å². The van der Waals surface area contributed by atoms with E-state index in [9.17, 15) is 4.79 Å². The van der Waals surface area contributed by atoms with Gasteiger partial charge in [-0.05, 0) is 38.1 Å². The molecule has 1 unspecified atom stereocenters. The number of hydrogen-bond donors (Lipinski definition) is 1. The maximum Gasteiger partial charge on any atom is 0.257 e. The van der Waals surface area contributed by atoms with Gasteiger partial charge in [-0.2, -0.15) is 0 Å². The van der Waals surface area contributed by atoms with Gasteiger partial charge < -0.3 is 24.1 Å². The molecule has 2 atom stereocenters. The lowest BCUT2D eigenvalue weighted by Crippen LogP contribution is -2.25. The number of rotatable bonds is 6. The third kappa shape index (κ3) is 3.53. The Morgan fingerprint density at radius 3 is 2.63 bits per heavy atom. The third-order valence-corrected chi connectivity index (χ3v) is 5.68. The second-order valence-electron chi connectivity index (χ2n) is 7.56. The molecular formula is C22H26N4O4. The molecule has 158 valence electrons. The number of nitrogens with one attached hydrogen (secondary N) is 1. The number of fused-ring (bicyclic) bond motifs is 1. The Labute approximate surface area is 175 Å². The summed E-state index contributed by atoms with van der Waals surface area (Å²) in [6.45, 7) is 4.59. The van der Waals surface area contributed by atoms with E-state index in [1.807, 2.05) is 49.7 Å². The van der Waals surface area contributed by atoms with Crippen LogP contribution < -0.4 is 19.5 Å². The molecule has 1 N–H and O–H groups in total. The maximum absolute atomic E-state index is 11.6. The van der Waals surface area contributed by atoms with Crippen LogP contribution in [-0.2, 0) is 11.8 Å². The number of benzene rings is 1. The minimum Gasteiger partial charge on any atom is -0.491 e. The van der Waals surface area contributed by atoms with Crippen LogP contribution in [0.4, 0.5) is 0 Å². The molecule has 1 amide bonds. The van der Waals surface area contributed by atoms with Crippen molar-refractivity contribution in [3.05, 3.63) is 30.1 Å². The molecule has 0 bridgehead atoms. The van der Waals surface area contributed by atoms with Crippen molar-refractivity contribution in [3.8, 4) is 28.6 Å². The van der Waals surface area contributed by atoms with Crippen LogP contribution in [0.15, 0.2) is 24.3 Å². The largest absolute Gasteiger partial charge is 0.491 e. The molecule has 1 aromatic carbocycles. The van der Waals surface area contributed by atoms with Crippen LogP contribution in [-0.4, -0.2) is 47.3 Å². The summed E-state index contributed by atoms with van der Waals surface area (Å²) >= 11 is 0. The number of nitrogens with zero attached hydrogens (tertiary/aromatic N) is 3. The van der Waals surface area contributed by atoms with Gasteiger partial charge in [0.05, 0.1) is 25.4 Å². The Bertz CT molecular complexity index is 1110. The SMILES string of the molecule is COc1ccc(-c2cc(OC(C)[C@H]3CNC(=O)C3)c3c(c2)nc(C)n3C)nc1OC. The Morgan fingerprint density at radius 1 is 1.17 bits per heavy atom. The summed E-state index contributed by atoms with van der Waals surface area (Å²) in [6, 6.07) is 7.67. The monoisotopic (exact) mass is 410 g/mol. The summed E-state index contributed by atoms with van der Waals surface area (Å²) in [5.74, 6) is 2.79. The molecule has 8 heteroatoms. The Hall–Kier alpha value is -3.29. The van der Waals surface area contributed by atoms with Crippen molar-refractivity contribution in [1.82, 2.24) is 19.9 Å². The first-order valence-electron chi connectivity index (χ1n) is 9.91. The van der Waals surface area contributed by atoms with Crippen molar-refractivity contribution in [2.24, 2.45) is 13.0 Å². The summed E-state index contributed by atoms with van der Waals surface area (Å²) in [5, 5.41) is 2.88. The number of ether oxygens (including phenoxy) is 3. The molecule has 0 spiro atoms. The summed E-state index contributed by atoms with van der Waals surface area (Å²) < 4.78 is 19.0. The van der Waals surface area contributed by atoms with Gasteiger partial charge in [0.2, 0.25) is 5.91 Å². The highest BCUT2D eigenvalue weighted by Gasteiger charge is 2.29. The molecule has 3 aromatic rings. The van der Waals surface area contributed by atoms with Crippen LogP contribution in [0.3, 0.4) is 0 Å². The molecule has 0 aliphatic carbocycles. The molecule has 1 aliphatic rings. The number of aromatic nitrogens is 3. The number of hydrogen-bond acceptors (Lipinski definition) is 6. The van der Waals surface area contributed by atoms with Crippen LogP contribution in [0.5, 0.6) is 17.4 Å². The predicted molar refractivity (Wildman–Crippen MR) is 113 cm³/mol. The zero-order valence-corrected chi connectivity index (χ0v) is 17.9. The average molecular weight is 410 g/mol. The highest BCUT2D eigenvalue weighted by atomic mass is 16.5. The summed E-state index contributed by atoms with van der Waals surface area (Å²) in [7, 11) is 5.11. The van der Waals surface area contributed by atoms with Crippen molar-refractivity contribution < 1.29 is 19.0 Å². The van der Waals surface area contributed by atoms with E-state index in [1.165, 1.54) is 0 Å². The van der Waals surface area contributed by atoms with E-state index in [0.29, 0.717) is 30.3 Å². The average Bonchev–Trinajstić information content (AvgIpc) is 3.30. The number of carbonyl (C=O) groups excluding carboxylic acids is 1. The van der Waals surface area contributed by atoms with E-state index in [4.69, 9.17) is 14.2 Å². The second-order valence-corrected chi connectivity index (χ2v) is 7.56. The number of imidazole rings is 1. The van der Waals surface area contributed by atoms with Crippen molar-refractivity contribution in [3.63, 3.8) is 0 Å². The fourth-order valence-corrected chi connectivity index (χ4v) is 3.81. The minimum absolute atomic E-state index is 0.0697. The van der Waals surface area contributed by atoms with Gasteiger partial charge in [-0.1, -0.05) is 0 Å². The molecule has 30 heavy (non-hydrogen) atoms. The smallest absolute Gasteiger partial charge is 0.257 e. The van der Waals surface area contributed by atoms with Crippen LogP contribution in [0.1, 0.15) is 19.2 Å². The van der Waals surface area contributed by atoms with Crippen LogP contribution in [0.2, 0.25) is 0 Å². The highest BCUT2D eigenvalue weighted by Crippen LogP contribution is 2.35. The minimum atomic E-state index is -0.129. The van der Waals surface area contributed by atoms with Gasteiger partial charge in [0.1, 0.15) is 23.2 Å². The highest BCUT2D eigenvalue weighted by molar-refractivity contribution is 5.88.